The average Bonchev–Trinajstić information content (AvgIpc) is 2.44. The maximum Gasteiger partial charge on any atom is 0.243 e. The Bertz CT molecular complexity index is 559. The van der Waals surface area contributed by atoms with Crippen molar-refractivity contribution in [3.05, 3.63) is 29.8 Å². The van der Waals surface area contributed by atoms with E-state index >= 15 is 0 Å². The standard InChI is InChI=1S/C13H21N3O3S.ClH/c1-10(2)16(3)20(18,19)12-6-4-11(5-7-12)9-15-13(17)8-14;/h4-7,10H,8-9,14H2,1-3H3,(H,15,17);1H. The predicted molar refractivity (Wildman–Crippen MR) is 84.7 cm³/mol. The van der Waals surface area contributed by atoms with Gasteiger partial charge in [-0.15, -0.1) is 12.4 Å². The number of nitrogens with zero attached hydrogens (tertiary/aromatic N) is 1. The number of amides is 1. The van der Waals surface area contributed by atoms with Crippen LogP contribution in [0.25, 0.3) is 0 Å². The number of nitrogens with two attached hydrogens (primary N) is 1. The number of rotatable bonds is 6. The predicted octanol–water partition coefficient (Wildman–Crippen LogP) is 0.712. The SMILES string of the molecule is CC(C)N(C)S(=O)(=O)c1ccc(CNC(=O)CN)cc1.Cl. The molecule has 120 valence electrons. The lowest BCUT2D eigenvalue weighted by Gasteiger charge is -2.21. The monoisotopic (exact) mass is 335 g/mol. The van der Waals surface area contributed by atoms with Crippen molar-refractivity contribution in [1.82, 2.24) is 9.62 Å². The van der Waals surface area contributed by atoms with Crippen LogP contribution in [-0.2, 0) is 21.4 Å². The molecule has 6 nitrogen and oxygen atoms in total. The summed E-state index contributed by atoms with van der Waals surface area (Å²) in [7, 11) is -1.91. The summed E-state index contributed by atoms with van der Waals surface area (Å²) < 4.78 is 25.8. The van der Waals surface area contributed by atoms with Gasteiger partial charge in [-0.25, -0.2) is 8.42 Å². The van der Waals surface area contributed by atoms with E-state index < -0.39 is 10.0 Å². The molecule has 0 aliphatic carbocycles. The Morgan fingerprint density at radius 1 is 1.29 bits per heavy atom. The first-order valence-electron chi connectivity index (χ1n) is 6.32. The number of carbonyl (C=O) groups excluding carboxylic acids is 1. The molecule has 0 heterocycles. The van der Waals surface area contributed by atoms with E-state index in [9.17, 15) is 13.2 Å². The zero-order chi connectivity index (χ0) is 15.3. The largest absolute Gasteiger partial charge is 0.351 e. The molecule has 0 aliphatic rings. The molecule has 0 bridgehead atoms. The van der Waals surface area contributed by atoms with Crippen LogP contribution in [0.2, 0.25) is 0 Å². The van der Waals surface area contributed by atoms with Gasteiger partial charge in [0.05, 0.1) is 11.4 Å². The first-order valence-corrected chi connectivity index (χ1v) is 7.76. The van der Waals surface area contributed by atoms with E-state index in [-0.39, 0.29) is 35.8 Å². The maximum atomic E-state index is 12.2. The molecule has 0 aromatic heterocycles. The normalized spacial score (nSPS) is 11.3. The van der Waals surface area contributed by atoms with Crippen molar-refractivity contribution < 1.29 is 13.2 Å². The van der Waals surface area contributed by atoms with E-state index in [1.807, 2.05) is 13.8 Å². The van der Waals surface area contributed by atoms with E-state index in [0.29, 0.717) is 6.54 Å². The Hall–Kier alpha value is -1.15. The molecule has 1 rings (SSSR count). The molecule has 0 spiro atoms. The Balaban J connectivity index is 0.00000400. The van der Waals surface area contributed by atoms with Crippen molar-refractivity contribution in [3.63, 3.8) is 0 Å². The summed E-state index contributed by atoms with van der Waals surface area (Å²) in [6, 6.07) is 6.33. The molecule has 0 aliphatic heterocycles. The van der Waals surface area contributed by atoms with Gasteiger partial charge in [-0.3, -0.25) is 4.79 Å². The Labute approximate surface area is 132 Å². The van der Waals surface area contributed by atoms with Gasteiger partial charge in [-0.1, -0.05) is 12.1 Å². The van der Waals surface area contributed by atoms with Crippen LogP contribution in [0.4, 0.5) is 0 Å². The molecule has 21 heavy (non-hydrogen) atoms. The lowest BCUT2D eigenvalue weighted by Crippen LogP contribution is -2.33. The van der Waals surface area contributed by atoms with Crippen molar-refractivity contribution >= 4 is 28.3 Å². The van der Waals surface area contributed by atoms with Crippen molar-refractivity contribution in [2.24, 2.45) is 5.73 Å². The summed E-state index contributed by atoms with van der Waals surface area (Å²) in [5.74, 6) is -0.249. The summed E-state index contributed by atoms with van der Waals surface area (Å²) >= 11 is 0. The van der Waals surface area contributed by atoms with Crippen LogP contribution in [0.3, 0.4) is 0 Å². The topological polar surface area (TPSA) is 92.5 Å². The van der Waals surface area contributed by atoms with Gasteiger partial charge in [0.15, 0.2) is 0 Å². The molecule has 3 N–H and O–H groups in total. The van der Waals surface area contributed by atoms with Gasteiger partial charge >= 0.3 is 0 Å². The zero-order valence-electron chi connectivity index (χ0n) is 12.4. The van der Waals surface area contributed by atoms with E-state index in [1.54, 1.807) is 19.2 Å². The summed E-state index contributed by atoms with van der Waals surface area (Å²) in [6.45, 7) is 3.89. The number of benzene rings is 1. The van der Waals surface area contributed by atoms with Crippen molar-refractivity contribution in [2.75, 3.05) is 13.6 Å². The number of nitrogens with one attached hydrogen (secondary N) is 1. The second-order valence-corrected chi connectivity index (χ2v) is 6.74. The molecular formula is C13H22ClN3O3S. The van der Waals surface area contributed by atoms with Gasteiger partial charge in [0.2, 0.25) is 15.9 Å². The van der Waals surface area contributed by atoms with Crippen LogP contribution >= 0.6 is 12.4 Å². The van der Waals surface area contributed by atoms with Crippen molar-refractivity contribution in [1.29, 1.82) is 0 Å². The summed E-state index contributed by atoms with van der Waals surface area (Å²) in [5, 5.41) is 2.62. The minimum absolute atomic E-state index is 0. The average molecular weight is 336 g/mol. The van der Waals surface area contributed by atoms with Crippen LogP contribution in [0, 0.1) is 0 Å². The fourth-order valence-electron chi connectivity index (χ4n) is 1.50. The number of hydrogen-bond donors (Lipinski definition) is 2. The zero-order valence-corrected chi connectivity index (χ0v) is 14.0. The minimum atomic E-state index is -3.46. The third kappa shape index (κ3) is 5.28. The molecule has 8 heteroatoms. The van der Waals surface area contributed by atoms with Gasteiger partial charge in [0, 0.05) is 19.6 Å². The maximum absolute atomic E-state index is 12.2. The lowest BCUT2D eigenvalue weighted by molar-refractivity contribution is -0.119. The highest BCUT2D eigenvalue weighted by Gasteiger charge is 2.22. The van der Waals surface area contributed by atoms with Crippen LogP contribution in [0.15, 0.2) is 29.2 Å². The summed E-state index contributed by atoms with van der Waals surface area (Å²) in [4.78, 5) is 11.3. The first-order chi connectivity index (χ1) is 9.28. The second-order valence-electron chi connectivity index (χ2n) is 4.74. The molecule has 1 aromatic carbocycles. The van der Waals surface area contributed by atoms with Gasteiger partial charge in [0.25, 0.3) is 0 Å². The lowest BCUT2D eigenvalue weighted by atomic mass is 10.2. The molecule has 0 saturated carbocycles. The van der Waals surface area contributed by atoms with Gasteiger partial charge in [-0.05, 0) is 31.5 Å². The van der Waals surface area contributed by atoms with Crippen LogP contribution in [0.5, 0.6) is 0 Å². The number of halogens is 1. The highest BCUT2D eigenvalue weighted by atomic mass is 35.5. The van der Waals surface area contributed by atoms with Crippen molar-refractivity contribution in [3.8, 4) is 0 Å². The second kappa shape index (κ2) is 8.33. The molecule has 1 amide bonds. The summed E-state index contributed by atoms with van der Waals surface area (Å²) in [5.41, 5.74) is 6.00. The van der Waals surface area contributed by atoms with Gasteiger partial charge < -0.3 is 11.1 Å². The first kappa shape index (κ1) is 19.9. The van der Waals surface area contributed by atoms with Crippen LogP contribution < -0.4 is 11.1 Å². The van der Waals surface area contributed by atoms with Crippen molar-refractivity contribution in [2.45, 2.75) is 31.3 Å². The minimum Gasteiger partial charge on any atom is -0.351 e. The van der Waals surface area contributed by atoms with E-state index in [1.165, 1.54) is 16.4 Å². The molecular weight excluding hydrogens is 314 g/mol. The quantitative estimate of drug-likeness (QED) is 0.801. The molecule has 0 radical (unpaired) electrons. The van der Waals surface area contributed by atoms with Crippen LogP contribution in [-0.4, -0.2) is 38.3 Å². The number of hydrogen-bond acceptors (Lipinski definition) is 4. The molecule has 0 atom stereocenters. The van der Waals surface area contributed by atoms with Gasteiger partial charge in [-0.2, -0.15) is 4.31 Å². The fourth-order valence-corrected chi connectivity index (χ4v) is 2.86. The number of carbonyl (C=O) groups is 1. The highest BCUT2D eigenvalue weighted by molar-refractivity contribution is 7.89. The van der Waals surface area contributed by atoms with E-state index in [2.05, 4.69) is 5.32 Å². The van der Waals surface area contributed by atoms with E-state index in [4.69, 9.17) is 5.73 Å². The van der Waals surface area contributed by atoms with E-state index in [0.717, 1.165) is 5.56 Å². The Kier molecular flexibility index (Phi) is 7.87. The smallest absolute Gasteiger partial charge is 0.243 e. The third-order valence-electron chi connectivity index (χ3n) is 3.00. The molecule has 0 fully saturated rings. The Morgan fingerprint density at radius 2 is 1.81 bits per heavy atom. The highest BCUT2D eigenvalue weighted by Crippen LogP contribution is 2.17. The third-order valence-corrected chi connectivity index (χ3v) is 5.05. The van der Waals surface area contributed by atoms with Gasteiger partial charge in [0.1, 0.15) is 0 Å². The number of sulfonamides is 1. The molecule has 0 saturated heterocycles. The molecule has 0 unspecified atom stereocenters. The molecule has 1 aromatic rings. The van der Waals surface area contributed by atoms with Crippen LogP contribution in [0.1, 0.15) is 19.4 Å². The Morgan fingerprint density at radius 3 is 2.24 bits per heavy atom. The fraction of sp³-hybridized carbons (Fsp3) is 0.462. The summed E-state index contributed by atoms with van der Waals surface area (Å²) in [6.07, 6.45) is 0.